The quantitative estimate of drug-likeness (QED) is 0.361. The molecule has 1 aliphatic rings. The number of hydrogen-bond donors (Lipinski definition) is 1. The second kappa shape index (κ2) is 11.5. The van der Waals surface area contributed by atoms with Gasteiger partial charge in [0.25, 0.3) is 0 Å². The third-order valence-corrected chi connectivity index (χ3v) is 6.28. The first-order chi connectivity index (χ1) is 15.0. The van der Waals surface area contributed by atoms with Crippen LogP contribution in [0.2, 0.25) is 0 Å². The highest BCUT2D eigenvalue weighted by molar-refractivity contribution is 7.90. The van der Waals surface area contributed by atoms with Crippen molar-refractivity contribution in [3.63, 3.8) is 0 Å². The maximum Gasteiger partial charge on any atom is 0.194 e. The van der Waals surface area contributed by atoms with Gasteiger partial charge in [-0.1, -0.05) is 42.5 Å². The molecule has 31 heavy (non-hydrogen) atoms. The fourth-order valence-corrected chi connectivity index (χ4v) is 4.16. The van der Waals surface area contributed by atoms with E-state index in [1.807, 2.05) is 0 Å². The van der Waals surface area contributed by atoms with Gasteiger partial charge in [-0.3, -0.25) is 9.89 Å². The molecular formula is C23H34N4O3S. The Morgan fingerprint density at radius 1 is 1.06 bits per heavy atom. The molecule has 0 unspecified atom stereocenters. The molecule has 0 spiro atoms. The minimum atomic E-state index is -2.98. The molecule has 0 radical (unpaired) electrons. The molecule has 1 saturated heterocycles. The monoisotopic (exact) mass is 446 g/mol. The Bertz CT molecular complexity index is 964. The van der Waals surface area contributed by atoms with Crippen molar-refractivity contribution >= 4 is 26.6 Å². The molecular weight excluding hydrogens is 412 g/mol. The fraction of sp³-hybridized carbons (Fsp3) is 0.522. The number of aliphatic imine (C=N–C) groups is 1. The van der Waals surface area contributed by atoms with Gasteiger partial charge in [0.05, 0.1) is 25.5 Å². The van der Waals surface area contributed by atoms with Crippen LogP contribution in [0.5, 0.6) is 0 Å². The van der Waals surface area contributed by atoms with Gasteiger partial charge in [-0.25, -0.2) is 8.42 Å². The second-order valence-corrected chi connectivity index (χ2v) is 10.1. The van der Waals surface area contributed by atoms with E-state index in [2.05, 4.69) is 69.5 Å². The average molecular weight is 447 g/mol. The lowest BCUT2D eigenvalue weighted by Crippen LogP contribution is -2.52. The molecule has 1 N–H and O–H groups in total. The number of nitrogens with zero attached hydrogens (tertiary/aromatic N) is 3. The van der Waals surface area contributed by atoms with E-state index in [-0.39, 0.29) is 12.4 Å². The molecule has 170 valence electrons. The predicted molar refractivity (Wildman–Crippen MR) is 127 cm³/mol. The van der Waals surface area contributed by atoms with Crippen LogP contribution >= 0.6 is 0 Å². The normalized spacial score (nSPS) is 16.1. The van der Waals surface area contributed by atoms with E-state index < -0.39 is 9.84 Å². The Kier molecular flexibility index (Phi) is 8.69. The maximum atomic E-state index is 11.1. The number of piperazine rings is 1. The lowest BCUT2D eigenvalue weighted by molar-refractivity contribution is 0.155. The largest absolute Gasteiger partial charge is 0.378 e. The van der Waals surface area contributed by atoms with E-state index in [4.69, 9.17) is 4.74 Å². The predicted octanol–water partition coefficient (Wildman–Crippen LogP) is 1.98. The summed E-state index contributed by atoms with van der Waals surface area (Å²) < 4.78 is 27.7. The zero-order valence-corrected chi connectivity index (χ0v) is 19.4. The number of sulfone groups is 1. The molecule has 1 aliphatic heterocycles. The number of nitrogens with one attached hydrogen (secondary N) is 1. The first-order valence-corrected chi connectivity index (χ1v) is 13.0. The molecule has 0 bridgehead atoms. The Labute approximate surface area is 186 Å². The molecule has 1 heterocycles. The first kappa shape index (κ1) is 23.5. The average Bonchev–Trinajstić information content (AvgIpc) is 2.75. The van der Waals surface area contributed by atoms with E-state index >= 15 is 0 Å². The minimum Gasteiger partial charge on any atom is -0.378 e. The van der Waals surface area contributed by atoms with Gasteiger partial charge in [0.15, 0.2) is 5.96 Å². The molecule has 3 rings (SSSR count). The number of fused-ring (bicyclic) bond motifs is 1. The molecule has 0 aliphatic carbocycles. The molecule has 1 fully saturated rings. The van der Waals surface area contributed by atoms with E-state index in [0.717, 1.165) is 45.2 Å². The van der Waals surface area contributed by atoms with E-state index in [0.29, 0.717) is 13.2 Å². The number of hydrogen-bond acceptors (Lipinski definition) is 5. The highest BCUT2D eigenvalue weighted by atomic mass is 32.2. The summed E-state index contributed by atoms with van der Waals surface area (Å²) in [6.45, 7) is 8.80. The molecule has 8 heteroatoms. The molecule has 0 aromatic heterocycles. The lowest BCUT2D eigenvalue weighted by atomic mass is 10.0. The van der Waals surface area contributed by atoms with Crippen LogP contribution < -0.4 is 5.32 Å². The van der Waals surface area contributed by atoms with Gasteiger partial charge in [-0.2, -0.15) is 0 Å². The van der Waals surface area contributed by atoms with Gasteiger partial charge in [-0.15, -0.1) is 0 Å². The molecule has 2 aromatic carbocycles. The van der Waals surface area contributed by atoms with Crippen molar-refractivity contribution in [2.45, 2.75) is 13.5 Å². The van der Waals surface area contributed by atoms with Crippen molar-refractivity contribution in [3.05, 3.63) is 48.0 Å². The summed E-state index contributed by atoms with van der Waals surface area (Å²) in [7, 11) is -2.98. The van der Waals surface area contributed by atoms with Gasteiger partial charge in [-0.05, 0) is 23.3 Å². The second-order valence-electron chi connectivity index (χ2n) is 7.88. The smallest absolute Gasteiger partial charge is 0.194 e. The zero-order chi connectivity index (χ0) is 22.1. The van der Waals surface area contributed by atoms with Crippen LogP contribution in [0.25, 0.3) is 10.8 Å². The molecule has 7 nitrogen and oxygen atoms in total. The summed E-state index contributed by atoms with van der Waals surface area (Å²) >= 11 is 0. The highest BCUT2D eigenvalue weighted by Gasteiger charge is 2.20. The third-order valence-electron chi connectivity index (χ3n) is 5.38. The fourth-order valence-electron chi connectivity index (χ4n) is 3.74. The number of benzene rings is 2. The summed E-state index contributed by atoms with van der Waals surface area (Å²) in [5, 5.41) is 5.98. The summed E-state index contributed by atoms with van der Waals surface area (Å²) in [5.74, 6) is 0.953. The van der Waals surface area contributed by atoms with Crippen molar-refractivity contribution in [3.8, 4) is 0 Å². The van der Waals surface area contributed by atoms with Crippen molar-refractivity contribution in [1.82, 2.24) is 15.1 Å². The van der Waals surface area contributed by atoms with E-state index in [1.165, 1.54) is 22.6 Å². The molecule has 0 atom stereocenters. The highest BCUT2D eigenvalue weighted by Crippen LogP contribution is 2.20. The van der Waals surface area contributed by atoms with Crippen LogP contribution in [0.1, 0.15) is 12.5 Å². The van der Waals surface area contributed by atoms with Gasteiger partial charge in [0.2, 0.25) is 0 Å². The van der Waals surface area contributed by atoms with Crippen LogP contribution in [0.3, 0.4) is 0 Å². The van der Waals surface area contributed by atoms with Gasteiger partial charge >= 0.3 is 0 Å². The minimum absolute atomic E-state index is 0.0510. The van der Waals surface area contributed by atoms with Crippen LogP contribution in [0.4, 0.5) is 0 Å². The standard InChI is InChI=1S/C23H34N4O3S/c1-3-24-23(25-11-16-30-17-18-31(2,28)29)27-14-12-26(13-15-27)19-21-9-6-8-20-7-4-5-10-22(20)21/h4-10H,3,11-19H2,1-2H3,(H,24,25). The maximum absolute atomic E-state index is 11.1. The van der Waals surface area contributed by atoms with Crippen molar-refractivity contribution in [1.29, 1.82) is 0 Å². The van der Waals surface area contributed by atoms with Gasteiger partial charge in [0.1, 0.15) is 9.84 Å². The van der Waals surface area contributed by atoms with Crippen LogP contribution in [-0.4, -0.2) is 88.7 Å². The molecule has 0 saturated carbocycles. The van der Waals surface area contributed by atoms with E-state index in [1.54, 1.807) is 0 Å². The van der Waals surface area contributed by atoms with Gasteiger partial charge < -0.3 is 15.0 Å². The zero-order valence-electron chi connectivity index (χ0n) is 18.6. The summed E-state index contributed by atoms with van der Waals surface area (Å²) in [6, 6.07) is 15.1. The number of rotatable bonds is 9. The lowest BCUT2D eigenvalue weighted by Gasteiger charge is -2.36. The van der Waals surface area contributed by atoms with Crippen molar-refractivity contribution in [2.75, 3.05) is 64.5 Å². The number of guanidine groups is 1. The Hall–Kier alpha value is -2.16. The topological polar surface area (TPSA) is 74.2 Å². The van der Waals surface area contributed by atoms with Crippen LogP contribution in [0, 0.1) is 0 Å². The van der Waals surface area contributed by atoms with Crippen LogP contribution in [-0.2, 0) is 21.1 Å². The SMILES string of the molecule is CCNC(=NCCOCCS(C)(=O)=O)N1CCN(Cc2cccc3ccccc23)CC1. The van der Waals surface area contributed by atoms with E-state index in [9.17, 15) is 8.42 Å². The Balaban J connectivity index is 1.49. The van der Waals surface area contributed by atoms with Gasteiger partial charge in [0, 0.05) is 45.5 Å². The van der Waals surface area contributed by atoms with Crippen molar-refractivity contribution in [2.24, 2.45) is 4.99 Å². The third kappa shape index (κ3) is 7.48. The Morgan fingerprint density at radius 3 is 2.55 bits per heavy atom. The van der Waals surface area contributed by atoms with Crippen molar-refractivity contribution < 1.29 is 13.2 Å². The summed E-state index contributed by atoms with van der Waals surface area (Å²) in [4.78, 5) is 9.45. The first-order valence-electron chi connectivity index (χ1n) is 10.9. The molecule has 2 aromatic rings. The summed E-state index contributed by atoms with van der Waals surface area (Å²) in [6.07, 6.45) is 1.22. The molecule has 0 amide bonds. The summed E-state index contributed by atoms with van der Waals surface area (Å²) in [5.41, 5.74) is 1.37. The van der Waals surface area contributed by atoms with Crippen LogP contribution in [0.15, 0.2) is 47.5 Å². The number of ether oxygens (including phenoxy) is 1. The Morgan fingerprint density at radius 2 is 1.81 bits per heavy atom.